The van der Waals surface area contributed by atoms with Crippen molar-refractivity contribution in [1.29, 1.82) is 0 Å². The molecule has 2 aliphatic rings. The van der Waals surface area contributed by atoms with Crippen molar-refractivity contribution in [2.75, 3.05) is 25.9 Å². The minimum Gasteiger partial charge on any atom is -0.389 e. The molecule has 0 saturated carbocycles. The highest BCUT2D eigenvalue weighted by Crippen LogP contribution is 2.40. The van der Waals surface area contributed by atoms with Gasteiger partial charge in [-0.1, -0.05) is 6.07 Å². The van der Waals surface area contributed by atoms with Crippen LogP contribution in [0.25, 0.3) is 0 Å². The van der Waals surface area contributed by atoms with E-state index in [9.17, 15) is 18.3 Å². The molecule has 3 heterocycles. The molecule has 126 valence electrons. The second kappa shape index (κ2) is 5.85. The SMILES string of the molecule is CS(=O)(=O)N1CCC[C@@]12CCN(C(=O)c1ccccn1)C[C@@H]2O. The molecule has 2 fully saturated rings. The van der Waals surface area contributed by atoms with Crippen LogP contribution in [0.4, 0.5) is 0 Å². The van der Waals surface area contributed by atoms with E-state index < -0.39 is 21.7 Å². The van der Waals surface area contributed by atoms with E-state index >= 15 is 0 Å². The van der Waals surface area contributed by atoms with E-state index in [1.807, 2.05) is 0 Å². The van der Waals surface area contributed by atoms with Crippen molar-refractivity contribution in [3.63, 3.8) is 0 Å². The number of pyridine rings is 1. The van der Waals surface area contributed by atoms with Crippen LogP contribution in [0, 0.1) is 0 Å². The third-order valence-corrected chi connectivity index (χ3v) is 6.21. The Balaban J connectivity index is 1.79. The van der Waals surface area contributed by atoms with Gasteiger partial charge in [0.2, 0.25) is 10.0 Å². The molecule has 1 spiro atoms. The van der Waals surface area contributed by atoms with Gasteiger partial charge in [0.05, 0.1) is 17.9 Å². The summed E-state index contributed by atoms with van der Waals surface area (Å²) in [7, 11) is -3.38. The van der Waals surface area contributed by atoms with Crippen molar-refractivity contribution in [3.05, 3.63) is 30.1 Å². The summed E-state index contributed by atoms with van der Waals surface area (Å²) in [6.07, 6.45) is 3.65. The number of carbonyl (C=O) groups excluding carboxylic acids is 1. The molecule has 2 saturated heterocycles. The molecule has 8 heteroatoms. The highest BCUT2D eigenvalue weighted by molar-refractivity contribution is 7.88. The first kappa shape index (κ1) is 16.4. The minimum absolute atomic E-state index is 0.126. The predicted octanol–water partition coefficient (Wildman–Crippen LogP) is 0.0826. The topological polar surface area (TPSA) is 90.8 Å². The highest BCUT2D eigenvalue weighted by atomic mass is 32.2. The molecule has 1 N–H and O–H groups in total. The Morgan fingerprint density at radius 2 is 2.13 bits per heavy atom. The van der Waals surface area contributed by atoms with Crippen LogP contribution in [0.15, 0.2) is 24.4 Å². The average Bonchev–Trinajstić information content (AvgIpc) is 2.95. The Hall–Kier alpha value is -1.51. The maximum absolute atomic E-state index is 12.4. The van der Waals surface area contributed by atoms with Crippen LogP contribution >= 0.6 is 0 Å². The Bertz CT molecular complexity index is 694. The zero-order valence-electron chi connectivity index (χ0n) is 13.1. The zero-order valence-corrected chi connectivity index (χ0v) is 13.9. The van der Waals surface area contributed by atoms with Gasteiger partial charge in [0.15, 0.2) is 0 Å². The van der Waals surface area contributed by atoms with Crippen molar-refractivity contribution in [1.82, 2.24) is 14.2 Å². The van der Waals surface area contributed by atoms with Crippen molar-refractivity contribution in [2.45, 2.75) is 30.9 Å². The van der Waals surface area contributed by atoms with Crippen LogP contribution in [0.2, 0.25) is 0 Å². The smallest absolute Gasteiger partial charge is 0.272 e. The fourth-order valence-electron chi connectivity index (χ4n) is 3.76. The summed E-state index contributed by atoms with van der Waals surface area (Å²) in [5.74, 6) is -0.233. The normalized spacial score (nSPS) is 29.1. The second-order valence-corrected chi connectivity index (χ2v) is 8.18. The Morgan fingerprint density at radius 1 is 1.35 bits per heavy atom. The third-order valence-electron chi connectivity index (χ3n) is 4.87. The van der Waals surface area contributed by atoms with Gasteiger partial charge >= 0.3 is 0 Å². The van der Waals surface area contributed by atoms with E-state index in [-0.39, 0.29) is 12.5 Å². The lowest BCUT2D eigenvalue weighted by molar-refractivity contribution is -0.0293. The van der Waals surface area contributed by atoms with Gasteiger partial charge in [-0.3, -0.25) is 9.78 Å². The molecule has 0 bridgehead atoms. The number of likely N-dealkylation sites (tertiary alicyclic amines) is 1. The van der Waals surface area contributed by atoms with Crippen LogP contribution in [-0.2, 0) is 10.0 Å². The third kappa shape index (κ3) is 2.86. The summed E-state index contributed by atoms with van der Waals surface area (Å²) >= 11 is 0. The van der Waals surface area contributed by atoms with Gasteiger partial charge < -0.3 is 10.0 Å². The van der Waals surface area contributed by atoms with Crippen LogP contribution in [0.3, 0.4) is 0 Å². The number of aliphatic hydroxyl groups is 1. The molecule has 7 nitrogen and oxygen atoms in total. The fraction of sp³-hybridized carbons (Fsp3) is 0.600. The Kier molecular flexibility index (Phi) is 4.16. The van der Waals surface area contributed by atoms with Crippen molar-refractivity contribution < 1.29 is 18.3 Å². The molecular formula is C15H21N3O4S. The quantitative estimate of drug-likeness (QED) is 0.824. The number of nitrogens with zero attached hydrogens (tertiary/aromatic N) is 3. The summed E-state index contributed by atoms with van der Waals surface area (Å²) in [5, 5.41) is 10.6. The standard InChI is InChI=1S/C15H21N3O4S/c1-23(21,22)18-9-4-6-15(18)7-10-17(11-13(15)19)14(20)12-5-2-3-8-16-12/h2-3,5,8,13,19H,4,6-7,9-11H2,1H3/t13-,15-/m0/s1. The van der Waals surface area contributed by atoms with Gasteiger partial charge in [-0.2, -0.15) is 4.31 Å². The summed E-state index contributed by atoms with van der Waals surface area (Å²) in [5.41, 5.74) is -0.434. The van der Waals surface area contributed by atoms with Gasteiger partial charge in [-0.05, 0) is 31.4 Å². The van der Waals surface area contributed by atoms with Crippen LogP contribution in [0.1, 0.15) is 29.8 Å². The molecule has 2 aliphatic heterocycles. The molecule has 1 amide bonds. The van der Waals surface area contributed by atoms with E-state index in [0.29, 0.717) is 31.6 Å². The first-order valence-electron chi connectivity index (χ1n) is 7.71. The van der Waals surface area contributed by atoms with Crippen LogP contribution in [0.5, 0.6) is 0 Å². The van der Waals surface area contributed by atoms with E-state index in [1.54, 1.807) is 29.3 Å². The number of aliphatic hydroxyl groups excluding tert-OH is 1. The number of hydrogen-bond donors (Lipinski definition) is 1. The monoisotopic (exact) mass is 339 g/mol. The van der Waals surface area contributed by atoms with E-state index in [0.717, 1.165) is 6.42 Å². The maximum Gasteiger partial charge on any atom is 0.272 e. The molecule has 0 aromatic carbocycles. The highest BCUT2D eigenvalue weighted by Gasteiger charge is 2.53. The number of amides is 1. The minimum atomic E-state index is -3.38. The summed E-state index contributed by atoms with van der Waals surface area (Å²) in [6.45, 7) is 0.976. The molecule has 1 aromatic heterocycles. The first-order valence-corrected chi connectivity index (χ1v) is 9.56. The van der Waals surface area contributed by atoms with Gasteiger partial charge in [0.25, 0.3) is 5.91 Å². The molecule has 1 aromatic rings. The summed E-state index contributed by atoms with van der Waals surface area (Å²) in [4.78, 5) is 18.0. The van der Waals surface area contributed by atoms with Gasteiger partial charge in [-0.15, -0.1) is 0 Å². The number of piperidine rings is 1. The lowest BCUT2D eigenvalue weighted by Gasteiger charge is -2.47. The number of aromatic nitrogens is 1. The number of β-amino-alcohol motifs (C(OH)–C–C–N with tert-alkyl or cyclic N) is 1. The maximum atomic E-state index is 12.4. The van der Waals surface area contributed by atoms with Crippen LogP contribution < -0.4 is 0 Å². The first-order chi connectivity index (χ1) is 10.8. The van der Waals surface area contributed by atoms with Gasteiger partial charge in [0, 0.05) is 25.8 Å². The fourth-order valence-corrected chi connectivity index (χ4v) is 5.18. The Morgan fingerprint density at radius 3 is 2.74 bits per heavy atom. The largest absolute Gasteiger partial charge is 0.389 e. The number of hydrogen-bond acceptors (Lipinski definition) is 5. The zero-order chi connectivity index (χ0) is 16.7. The lowest BCUT2D eigenvalue weighted by Crippen LogP contribution is -2.63. The number of sulfonamides is 1. The molecule has 0 unspecified atom stereocenters. The number of carbonyl (C=O) groups is 1. The number of rotatable bonds is 2. The van der Waals surface area contributed by atoms with Crippen molar-refractivity contribution in [3.8, 4) is 0 Å². The average molecular weight is 339 g/mol. The molecule has 3 rings (SSSR count). The predicted molar refractivity (Wildman–Crippen MR) is 84.3 cm³/mol. The van der Waals surface area contributed by atoms with E-state index in [4.69, 9.17) is 0 Å². The van der Waals surface area contributed by atoms with Gasteiger partial charge in [0.1, 0.15) is 5.69 Å². The molecule has 0 radical (unpaired) electrons. The van der Waals surface area contributed by atoms with E-state index in [2.05, 4.69) is 4.98 Å². The molecule has 2 atom stereocenters. The molecule has 23 heavy (non-hydrogen) atoms. The van der Waals surface area contributed by atoms with Crippen molar-refractivity contribution >= 4 is 15.9 Å². The summed E-state index contributed by atoms with van der Waals surface area (Å²) in [6, 6.07) is 5.11. The molecule has 0 aliphatic carbocycles. The van der Waals surface area contributed by atoms with Gasteiger partial charge in [-0.25, -0.2) is 8.42 Å². The lowest BCUT2D eigenvalue weighted by atomic mass is 9.83. The Labute approximate surface area is 136 Å². The van der Waals surface area contributed by atoms with Crippen molar-refractivity contribution in [2.24, 2.45) is 0 Å². The second-order valence-electron chi connectivity index (χ2n) is 6.27. The van der Waals surface area contributed by atoms with Crippen LogP contribution in [-0.4, -0.2) is 71.2 Å². The molecular weight excluding hydrogens is 318 g/mol. The van der Waals surface area contributed by atoms with E-state index in [1.165, 1.54) is 10.6 Å². The summed E-state index contributed by atoms with van der Waals surface area (Å²) < 4.78 is 25.5.